The molecule has 0 aliphatic carbocycles. The average molecular weight is 390 g/mol. The highest BCUT2D eigenvalue weighted by atomic mass is 35.5. The summed E-state index contributed by atoms with van der Waals surface area (Å²) in [5.41, 5.74) is 2.81. The highest BCUT2D eigenvalue weighted by Crippen LogP contribution is 2.26. The molecule has 0 aliphatic heterocycles. The standard InChI is InChI=1S/C20H17ClFNO2S/c1-13-2-7-17(21)18(8-13)25-11-15-9-19(26-12-15)20(24)23-10-14-3-5-16(22)6-4-14/h2-9,12H,10-11H2,1H3,(H,23,24). The molecule has 1 heterocycles. The molecule has 0 fully saturated rings. The number of aryl methyl sites for hydroxylation is 1. The summed E-state index contributed by atoms with van der Waals surface area (Å²) in [6.45, 7) is 2.66. The van der Waals surface area contributed by atoms with E-state index in [-0.39, 0.29) is 11.7 Å². The van der Waals surface area contributed by atoms with Crippen LogP contribution in [0.25, 0.3) is 0 Å². The Morgan fingerprint density at radius 1 is 1.15 bits per heavy atom. The van der Waals surface area contributed by atoms with Crippen LogP contribution in [0.4, 0.5) is 4.39 Å². The second kappa shape index (κ2) is 8.34. The van der Waals surface area contributed by atoms with E-state index >= 15 is 0 Å². The van der Waals surface area contributed by atoms with Gasteiger partial charge in [-0.3, -0.25) is 4.79 Å². The third-order valence-electron chi connectivity index (χ3n) is 3.72. The Morgan fingerprint density at radius 3 is 2.69 bits per heavy atom. The summed E-state index contributed by atoms with van der Waals surface area (Å²) in [4.78, 5) is 12.8. The van der Waals surface area contributed by atoms with E-state index in [9.17, 15) is 9.18 Å². The van der Waals surface area contributed by atoms with E-state index in [0.717, 1.165) is 16.7 Å². The number of hydrogen-bond acceptors (Lipinski definition) is 3. The van der Waals surface area contributed by atoms with Crippen LogP contribution in [0.1, 0.15) is 26.4 Å². The molecular weight excluding hydrogens is 373 g/mol. The van der Waals surface area contributed by atoms with E-state index in [4.69, 9.17) is 16.3 Å². The van der Waals surface area contributed by atoms with Crippen LogP contribution < -0.4 is 10.1 Å². The van der Waals surface area contributed by atoms with Crippen molar-refractivity contribution in [2.75, 3.05) is 0 Å². The number of ether oxygens (including phenoxy) is 1. The van der Waals surface area contributed by atoms with Gasteiger partial charge in [0.1, 0.15) is 18.2 Å². The van der Waals surface area contributed by atoms with E-state index < -0.39 is 0 Å². The van der Waals surface area contributed by atoms with Gasteiger partial charge in [-0.15, -0.1) is 11.3 Å². The largest absolute Gasteiger partial charge is 0.487 e. The molecule has 0 radical (unpaired) electrons. The summed E-state index contributed by atoms with van der Waals surface area (Å²) < 4.78 is 18.6. The summed E-state index contributed by atoms with van der Waals surface area (Å²) >= 11 is 7.47. The third-order valence-corrected chi connectivity index (χ3v) is 5.01. The molecule has 1 aromatic heterocycles. The smallest absolute Gasteiger partial charge is 0.261 e. The zero-order valence-electron chi connectivity index (χ0n) is 14.1. The molecule has 0 unspecified atom stereocenters. The van der Waals surface area contributed by atoms with Crippen LogP contribution >= 0.6 is 22.9 Å². The molecule has 0 atom stereocenters. The Kier molecular flexibility index (Phi) is 5.91. The predicted octanol–water partition coefficient (Wildman–Crippen LogP) is 5.36. The number of nitrogens with one attached hydrogen (secondary N) is 1. The number of thiophene rings is 1. The maximum absolute atomic E-state index is 12.9. The lowest BCUT2D eigenvalue weighted by atomic mass is 10.2. The van der Waals surface area contributed by atoms with Gasteiger partial charge in [0.2, 0.25) is 0 Å². The molecule has 1 N–H and O–H groups in total. The van der Waals surface area contributed by atoms with Gasteiger partial charge in [0.15, 0.2) is 0 Å². The van der Waals surface area contributed by atoms with Gasteiger partial charge in [-0.05, 0) is 53.8 Å². The van der Waals surface area contributed by atoms with Crippen molar-refractivity contribution in [2.45, 2.75) is 20.1 Å². The number of carbonyl (C=O) groups excluding carboxylic acids is 1. The van der Waals surface area contributed by atoms with Crippen molar-refractivity contribution < 1.29 is 13.9 Å². The molecule has 2 aromatic carbocycles. The van der Waals surface area contributed by atoms with Crippen molar-refractivity contribution in [2.24, 2.45) is 0 Å². The molecule has 0 saturated heterocycles. The first-order valence-corrected chi connectivity index (χ1v) is 9.26. The van der Waals surface area contributed by atoms with Crippen molar-refractivity contribution >= 4 is 28.8 Å². The molecule has 3 nitrogen and oxygen atoms in total. The highest BCUT2D eigenvalue weighted by Gasteiger charge is 2.10. The van der Waals surface area contributed by atoms with Gasteiger partial charge in [0, 0.05) is 12.1 Å². The summed E-state index contributed by atoms with van der Waals surface area (Å²) in [5.74, 6) is 0.163. The number of halogens is 2. The van der Waals surface area contributed by atoms with Gasteiger partial charge in [-0.1, -0.05) is 29.8 Å². The topological polar surface area (TPSA) is 38.3 Å². The first kappa shape index (κ1) is 18.4. The van der Waals surface area contributed by atoms with Gasteiger partial charge >= 0.3 is 0 Å². The number of rotatable bonds is 6. The summed E-state index contributed by atoms with van der Waals surface area (Å²) in [6, 6.07) is 13.4. The number of amides is 1. The quantitative estimate of drug-likeness (QED) is 0.616. The highest BCUT2D eigenvalue weighted by molar-refractivity contribution is 7.12. The van der Waals surface area contributed by atoms with Crippen molar-refractivity contribution in [1.29, 1.82) is 0 Å². The van der Waals surface area contributed by atoms with E-state index in [0.29, 0.717) is 28.8 Å². The number of benzene rings is 2. The molecule has 3 rings (SSSR count). The predicted molar refractivity (Wildman–Crippen MR) is 102 cm³/mol. The number of hydrogen-bond donors (Lipinski definition) is 1. The van der Waals surface area contributed by atoms with Gasteiger partial charge in [-0.2, -0.15) is 0 Å². The van der Waals surface area contributed by atoms with E-state index in [1.807, 2.05) is 24.4 Å². The normalized spacial score (nSPS) is 10.6. The Bertz CT molecular complexity index is 908. The molecule has 134 valence electrons. The van der Waals surface area contributed by atoms with Crippen LogP contribution in [0.5, 0.6) is 5.75 Å². The Labute approximate surface area is 160 Å². The van der Waals surface area contributed by atoms with Crippen LogP contribution in [-0.4, -0.2) is 5.91 Å². The van der Waals surface area contributed by atoms with Crippen LogP contribution in [-0.2, 0) is 13.2 Å². The zero-order chi connectivity index (χ0) is 18.5. The minimum atomic E-state index is -0.295. The van der Waals surface area contributed by atoms with Gasteiger partial charge < -0.3 is 10.1 Å². The SMILES string of the molecule is Cc1ccc(Cl)c(OCc2csc(C(=O)NCc3ccc(F)cc3)c2)c1. The monoisotopic (exact) mass is 389 g/mol. The minimum Gasteiger partial charge on any atom is -0.487 e. The molecular formula is C20H17ClFNO2S. The lowest BCUT2D eigenvalue weighted by molar-refractivity contribution is 0.0955. The maximum Gasteiger partial charge on any atom is 0.261 e. The summed E-state index contributed by atoms with van der Waals surface area (Å²) in [5, 5.41) is 5.27. The van der Waals surface area contributed by atoms with Crippen LogP contribution in [0.2, 0.25) is 5.02 Å². The Morgan fingerprint density at radius 2 is 1.92 bits per heavy atom. The Balaban J connectivity index is 1.55. The van der Waals surface area contributed by atoms with Crippen LogP contribution in [0.15, 0.2) is 53.9 Å². The fraction of sp³-hybridized carbons (Fsp3) is 0.150. The molecule has 0 bridgehead atoms. The fourth-order valence-corrected chi connectivity index (χ4v) is 3.31. The lowest BCUT2D eigenvalue weighted by Gasteiger charge is -2.07. The summed E-state index contributed by atoms with van der Waals surface area (Å²) in [7, 11) is 0. The Hall–Kier alpha value is -2.37. The molecule has 1 amide bonds. The van der Waals surface area contributed by atoms with Crippen molar-refractivity contribution in [3.63, 3.8) is 0 Å². The zero-order valence-corrected chi connectivity index (χ0v) is 15.7. The first-order valence-electron chi connectivity index (χ1n) is 8.00. The van der Waals surface area contributed by atoms with Gasteiger partial charge in [-0.25, -0.2) is 4.39 Å². The first-order chi connectivity index (χ1) is 12.5. The van der Waals surface area contributed by atoms with Gasteiger partial charge in [0.05, 0.1) is 9.90 Å². The van der Waals surface area contributed by atoms with Crippen molar-refractivity contribution in [3.05, 3.63) is 86.3 Å². The van der Waals surface area contributed by atoms with Crippen LogP contribution in [0.3, 0.4) is 0 Å². The van der Waals surface area contributed by atoms with Crippen molar-refractivity contribution in [1.82, 2.24) is 5.32 Å². The second-order valence-electron chi connectivity index (χ2n) is 5.85. The lowest BCUT2D eigenvalue weighted by Crippen LogP contribution is -2.21. The van der Waals surface area contributed by atoms with E-state index in [1.165, 1.54) is 23.5 Å². The molecule has 26 heavy (non-hydrogen) atoms. The molecule has 0 saturated carbocycles. The average Bonchev–Trinajstić information content (AvgIpc) is 3.11. The van der Waals surface area contributed by atoms with Gasteiger partial charge in [0.25, 0.3) is 5.91 Å². The fourth-order valence-electron chi connectivity index (χ4n) is 2.32. The molecule has 6 heteroatoms. The maximum atomic E-state index is 12.9. The number of carbonyl (C=O) groups is 1. The van der Waals surface area contributed by atoms with Crippen molar-refractivity contribution in [3.8, 4) is 5.75 Å². The molecule has 0 aliphatic rings. The summed E-state index contributed by atoms with van der Waals surface area (Å²) in [6.07, 6.45) is 0. The minimum absolute atomic E-state index is 0.167. The second-order valence-corrected chi connectivity index (χ2v) is 7.17. The van der Waals surface area contributed by atoms with Crippen LogP contribution in [0, 0.1) is 12.7 Å². The molecule has 0 spiro atoms. The van der Waals surface area contributed by atoms with E-state index in [2.05, 4.69) is 5.32 Å². The molecule has 3 aromatic rings. The van der Waals surface area contributed by atoms with E-state index in [1.54, 1.807) is 24.3 Å². The third kappa shape index (κ3) is 4.84.